The third-order valence-corrected chi connectivity index (χ3v) is 5.13. The first-order valence-corrected chi connectivity index (χ1v) is 8.40. The summed E-state index contributed by atoms with van der Waals surface area (Å²) in [6.07, 6.45) is 2.54. The van der Waals surface area contributed by atoms with E-state index in [2.05, 4.69) is 10.6 Å². The number of nitrogens with one attached hydrogen (secondary N) is 2. The number of carbonyl (C=O) groups is 1. The first-order chi connectivity index (χ1) is 9.66. The van der Waals surface area contributed by atoms with Crippen LogP contribution in [0, 0.1) is 12.8 Å². The van der Waals surface area contributed by atoms with Gasteiger partial charge in [0.15, 0.2) is 0 Å². The van der Waals surface area contributed by atoms with Crippen LogP contribution < -0.4 is 10.6 Å². The van der Waals surface area contributed by atoms with Crippen LogP contribution in [0.1, 0.15) is 25.3 Å². The second-order valence-electron chi connectivity index (χ2n) is 5.49. The summed E-state index contributed by atoms with van der Waals surface area (Å²) in [6.45, 7) is 6.25. The Morgan fingerprint density at radius 2 is 2.30 bits per heavy atom. The van der Waals surface area contributed by atoms with E-state index in [9.17, 15) is 4.79 Å². The lowest BCUT2D eigenvalue weighted by molar-refractivity contribution is -0.115. The Kier molecular flexibility index (Phi) is 5.92. The van der Waals surface area contributed by atoms with E-state index in [0.717, 1.165) is 30.1 Å². The molecule has 2 rings (SSSR count). The van der Waals surface area contributed by atoms with Crippen LogP contribution in [-0.2, 0) is 4.79 Å². The zero-order valence-corrected chi connectivity index (χ0v) is 13.1. The number of para-hydroxylation sites is 1. The zero-order chi connectivity index (χ0) is 14.4. The number of amides is 1. The largest absolute Gasteiger partial charge is 0.325 e. The van der Waals surface area contributed by atoms with Crippen LogP contribution in [0.5, 0.6) is 0 Å². The molecule has 1 fully saturated rings. The molecular weight excluding hydrogens is 268 g/mol. The van der Waals surface area contributed by atoms with Crippen molar-refractivity contribution in [3.8, 4) is 0 Å². The van der Waals surface area contributed by atoms with Crippen LogP contribution in [0.2, 0.25) is 0 Å². The molecule has 2 N–H and O–H groups in total. The summed E-state index contributed by atoms with van der Waals surface area (Å²) in [4.78, 5) is 12.2. The number of carbonyl (C=O) groups excluding carboxylic acids is 1. The summed E-state index contributed by atoms with van der Waals surface area (Å²) in [6, 6.07) is 7.91. The fourth-order valence-corrected chi connectivity index (χ4v) is 3.43. The van der Waals surface area contributed by atoms with Gasteiger partial charge >= 0.3 is 0 Å². The van der Waals surface area contributed by atoms with Crippen molar-refractivity contribution in [1.82, 2.24) is 5.32 Å². The molecule has 4 heteroatoms. The van der Waals surface area contributed by atoms with Gasteiger partial charge in [0.2, 0.25) is 5.91 Å². The maximum Gasteiger partial charge on any atom is 0.237 e. The minimum atomic E-state index is -0.00321. The number of hydrogen-bond donors (Lipinski definition) is 2. The summed E-state index contributed by atoms with van der Waals surface area (Å²) in [5, 5.41) is 6.44. The fourth-order valence-electron chi connectivity index (χ4n) is 2.37. The lowest BCUT2D eigenvalue weighted by Gasteiger charge is -2.23. The van der Waals surface area contributed by atoms with Crippen LogP contribution in [0.3, 0.4) is 0 Å². The van der Waals surface area contributed by atoms with Crippen LogP contribution in [0.15, 0.2) is 24.3 Å². The number of anilines is 1. The molecule has 2 atom stereocenters. The van der Waals surface area contributed by atoms with Gasteiger partial charge in [0.25, 0.3) is 0 Å². The molecule has 0 aromatic heterocycles. The number of rotatable bonds is 5. The molecule has 0 spiro atoms. The van der Waals surface area contributed by atoms with Crippen molar-refractivity contribution in [2.75, 3.05) is 24.2 Å². The highest BCUT2D eigenvalue weighted by atomic mass is 32.2. The van der Waals surface area contributed by atoms with E-state index >= 15 is 0 Å². The molecule has 1 saturated heterocycles. The summed E-state index contributed by atoms with van der Waals surface area (Å²) < 4.78 is 0. The zero-order valence-electron chi connectivity index (χ0n) is 12.3. The van der Waals surface area contributed by atoms with Crippen molar-refractivity contribution in [3.63, 3.8) is 0 Å². The van der Waals surface area contributed by atoms with Crippen molar-refractivity contribution < 1.29 is 4.79 Å². The van der Waals surface area contributed by atoms with E-state index in [1.54, 1.807) is 11.8 Å². The van der Waals surface area contributed by atoms with Gasteiger partial charge in [0.1, 0.15) is 0 Å². The molecule has 1 aliphatic heterocycles. The average molecular weight is 292 g/mol. The maximum atomic E-state index is 12.2. The Hall–Kier alpha value is -1.000. The second-order valence-corrected chi connectivity index (χ2v) is 6.87. The van der Waals surface area contributed by atoms with E-state index < -0.39 is 0 Å². The average Bonchev–Trinajstić information content (AvgIpc) is 2.48. The van der Waals surface area contributed by atoms with Crippen molar-refractivity contribution in [2.45, 2.75) is 31.9 Å². The smallest absolute Gasteiger partial charge is 0.237 e. The summed E-state index contributed by atoms with van der Waals surface area (Å²) in [5.41, 5.74) is 2.03. The van der Waals surface area contributed by atoms with Gasteiger partial charge in [-0.3, -0.25) is 4.79 Å². The molecule has 1 aliphatic rings. The Balaban J connectivity index is 1.78. The number of hydrogen-bond acceptors (Lipinski definition) is 3. The van der Waals surface area contributed by atoms with Crippen molar-refractivity contribution in [1.29, 1.82) is 0 Å². The highest BCUT2D eigenvalue weighted by Gasteiger charge is 2.18. The first-order valence-electron chi connectivity index (χ1n) is 7.35. The first kappa shape index (κ1) is 15.4. The molecule has 2 unspecified atom stereocenters. The van der Waals surface area contributed by atoms with Gasteiger partial charge in [-0.1, -0.05) is 18.2 Å². The van der Waals surface area contributed by atoms with E-state index in [1.807, 2.05) is 38.1 Å². The van der Waals surface area contributed by atoms with E-state index in [0.29, 0.717) is 5.92 Å². The topological polar surface area (TPSA) is 41.1 Å². The van der Waals surface area contributed by atoms with Gasteiger partial charge in [0, 0.05) is 5.69 Å². The third-order valence-electron chi connectivity index (χ3n) is 3.75. The third kappa shape index (κ3) is 4.53. The van der Waals surface area contributed by atoms with Gasteiger partial charge in [-0.25, -0.2) is 0 Å². The molecule has 0 radical (unpaired) electrons. The minimum absolute atomic E-state index is 0.00321. The molecule has 0 bridgehead atoms. The molecule has 0 saturated carbocycles. The lowest BCUT2D eigenvalue weighted by atomic mass is 10.0. The standard InChI is InChI=1S/C16H24N2OS/c1-12-6-3-4-8-15(12)18-16(19)13(2)20-11-14-7-5-9-17-10-14/h3-4,6,8,13-14,17H,5,7,9-11H2,1-2H3,(H,18,19). The predicted octanol–water partition coefficient (Wildman–Crippen LogP) is 3.05. The van der Waals surface area contributed by atoms with Crippen LogP contribution in [0.25, 0.3) is 0 Å². The van der Waals surface area contributed by atoms with E-state index in [-0.39, 0.29) is 11.2 Å². The molecule has 110 valence electrons. The highest BCUT2D eigenvalue weighted by Crippen LogP contribution is 2.21. The monoisotopic (exact) mass is 292 g/mol. The SMILES string of the molecule is Cc1ccccc1NC(=O)C(C)SCC1CCCNC1. The molecular formula is C16H24N2OS. The molecule has 0 aliphatic carbocycles. The van der Waals surface area contributed by atoms with Crippen LogP contribution in [0.4, 0.5) is 5.69 Å². The number of piperidine rings is 1. The fraction of sp³-hybridized carbons (Fsp3) is 0.562. The summed E-state index contributed by atoms with van der Waals surface area (Å²) in [5.74, 6) is 1.88. The highest BCUT2D eigenvalue weighted by molar-refractivity contribution is 8.00. The molecule has 20 heavy (non-hydrogen) atoms. The van der Waals surface area contributed by atoms with Crippen molar-refractivity contribution in [2.24, 2.45) is 5.92 Å². The number of thioether (sulfide) groups is 1. The Morgan fingerprint density at radius 1 is 1.50 bits per heavy atom. The van der Waals surface area contributed by atoms with Gasteiger partial charge in [-0.05, 0) is 63.1 Å². The Bertz CT molecular complexity index is 444. The van der Waals surface area contributed by atoms with E-state index in [4.69, 9.17) is 0 Å². The second kappa shape index (κ2) is 7.70. The van der Waals surface area contributed by atoms with Gasteiger partial charge in [-0.2, -0.15) is 0 Å². The molecule has 1 amide bonds. The number of aryl methyl sites for hydroxylation is 1. The Labute approximate surface area is 125 Å². The molecule has 3 nitrogen and oxygen atoms in total. The van der Waals surface area contributed by atoms with Crippen molar-refractivity contribution in [3.05, 3.63) is 29.8 Å². The molecule has 1 aromatic carbocycles. The van der Waals surface area contributed by atoms with Gasteiger partial charge < -0.3 is 10.6 Å². The van der Waals surface area contributed by atoms with Gasteiger partial charge in [-0.15, -0.1) is 11.8 Å². The minimum Gasteiger partial charge on any atom is -0.325 e. The molecule has 1 heterocycles. The van der Waals surface area contributed by atoms with E-state index in [1.165, 1.54) is 12.8 Å². The summed E-state index contributed by atoms with van der Waals surface area (Å²) >= 11 is 1.76. The van der Waals surface area contributed by atoms with Crippen LogP contribution >= 0.6 is 11.8 Å². The number of benzene rings is 1. The molecule has 1 aromatic rings. The van der Waals surface area contributed by atoms with Crippen LogP contribution in [-0.4, -0.2) is 30.0 Å². The predicted molar refractivity (Wildman–Crippen MR) is 87.3 cm³/mol. The normalized spacial score (nSPS) is 20.4. The maximum absolute atomic E-state index is 12.2. The Morgan fingerprint density at radius 3 is 3.00 bits per heavy atom. The van der Waals surface area contributed by atoms with Gasteiger partial charge in [0.05, 0.1) is 5.25 Å². The quantitative estimate of drug-likeness (QED) is 0.876. The van der Waals surface area contributed by atoms with Crippen molar-refractivity contribution >= 4 is 23.4 Å². The lowest BCUT2D eigenvalue weighted by Crippen LogP contribution is -2.32. The summed E-state index contributed by atoms with van der Waals surface area (Å²) in [7, 11) is 0.